The van der Waals surface area contributed by atoms with Gasteiger partial charge in [0.25, 0.3) is 0 Å². The Kier molecular flexibility index (Phi) is 5.61. The van der Waals surface area contributed by atoms with E-state index in [9.17, 15) is 5.11 Å². The molecule has 5 heteroatoms. The minimum Gasteiger partial charge on any atom is -0.391 e. The van der Waals surface area contributed by atoms with Gasteiger partial charge >= 0.3 is 0 Å². The van der Waals surface area contributed by atoms with Gasteiger partial charge < -0.3 is 9.67 Å². The Balaban J connectivity index is 1.87. The molecule has 0 amide bonds. The van der Waals surface area contributed by atoms with Gasteiger partial charge in [0, 0.05) is 30.3 Å². The van der Waals surface area contributed by atoms with Crippen LogP contribution >= 0.6 is 12.6 Å². The number of fused-ring (bicyclic) bond motifs is 1. The molecule has 0 saturated carbocycles. The Morgan fingerprint density at radius 3 is 2.14 bits per heavy atom. The summed E-state index contributed by atoms with van der Waals surface area (Å²) >= 11 is 4.86. The third kappa shape index (κ3) is 4.58. The van der Waals surface area contributed by atoms with Gasteiger partial charge in [0.15, 0.2) is 0 Å². The molecule has 0 fully saturated rings. The quantitative estimate of drug-likeness (QED) is 0.618. The van der Waals surface area contributed by atoms with Gasteiger partial charge in [-0.3, -0.25) is 0 Å². The highest BCUT2D eigenvalue weighted by Gasteiger charge is 2.25. The van der Waals surface area contributed by atoms with Crippen molar-refractivity contribution in [1.29, 1.82) is 0 Å². The van der Waals surface area contributed by atoms with Crippen molar-refractivity contribution in [1.82, 2.24) is 14.5 Å². The maximum Gasteiger partial charge on any atom is 0.116 e. The number of rotatable bonds is 4. The number of hydrogen-bond donors (Lipinski definition) is 2. The molecule has 1 unspecified atom stereocenters. The molecule has 2 aliphatic heterocycles. The van der Waals surface area contributed by atoms with Gasteiger partial charge in [-0.2, -0.15) is 0 Å². The number of benzene rings is 1. The monoisotopic (exact) mass is 397 g/mol. The Labute approximate surface area is 173 Å². The van der Waals surface area contributed by atoms with E-state index in [1.807, 2.05) is 23.0 Å². The maximum atomic E-state index is 10.8. The number of thiol groups is 1. The molecule has 4 nitrogen and oxygen atoms in total. The standard InChI is InChI=1S/C23H31N3OS/c1-22(2,3)17-10-15(11-18(21(17)28)23(4,5)6)9-16(27)12-26-8-7-19-20(13-26)25-14-24-19/h7-8,10-11,13-14,16,27-28H,9,12H2,1-6H3. The highest BCUT2D eigenvalue weighted by molar-refractivity contribution is 7.80. The van der Waals surface area contributed by atoms with Crippen molar-refractivity contribution in [2.75, 3.05) is 0 Å². The second-order valence-corrected chi connectivity index (χ2v) is 10.1. The molecular weight excluding hydrogens is 366 g/mol. The zero-order chi connectivity index (χ0) is 20.7. The summed E-state index contributed by atoms with van der Waals surface area (Å²) in [6, 6.07) is 6.34. The van der Waals surface area contributed by atoms with Crippen molar-refractivity contribution in [2.24, 2.45) is 0 Å². The average molecular weight is 398 g/mol. The molecular formula is C23H31N3OS. The third-order valence-corrected chi connectivity index (χ3v) is 5.53. The second-order valence-electron chi connectivity index (χ2n) is 9.68. The lowest BCUT2D eigenvalue weighted by atomic mass is 9.79. The molecule has 0 radical (unpaired) electrons. The lowest BCUT2D eigenvalue weighted by Crippen LogP contribution is -2.22. The molecule has 3 rings (SSSR count). The minimum absolute atomic E-state index is 0.00567. The first-order valence-corrected chi connectivity index (χ1v) is 10.2. The Hall–Kier alpha value is -1.85. The number of aliphatic hydroxyl groups excluding tert-OH is 1. The lowest BCUT2D eigenvalue weighted by Gasteiger charge is -2.29. The fraction of sp³-hybridized carbons (Fsp3) is 0.478. The van der Waals surface area contributed by atoms with Gasteiger partial charge in [0.1, 0.15) is 12.0 Å². The molecule has 0 aliphatic carbocycles. The molecule has 0 saturated heterocycles. The topological polar surface area (TPSA) is 50.9 Å². The molecule has 28 heavy (non-hydrogen) atoms. The normalized spacial score (nSPS) is 13.9. The van der Waals surface area contributed by atoms with Crippen molar-refractivity contribution < 1.29 is 5.11 Å². The summed E-state index contributed by atoms with van der Waals surface area (Å²) in [5.41, 5.74) is 5.31. The average Bonchev–Trinajstić information content (AvgIpc) is 3.01. The number of aliphatic hydroxyl groups is 1. The summed E-state index contributed by atoms with van der Waals surface area (Å²) in [6.45, 7) is 13.8. The zero-order valence-electron chi connectivity index (χ0n) is 17.7. The van der Waals surface area contributed by atoms with E-state index >= 15 is 0 Å². The van der Waals surface area contributed by atoms with E-state index in [0.29, 0.717) is 13.0 Å². The van der Waals surface area contributed by atoms with E-state index in [1.54, 1.807) is 6.33 Å². The summed E-state index contributed by atoms with van der Waals surface area (Å²) in [5.74, 6) is 0. The van der Waals surface area contributed by atoms with Crippen LogP contribution < -0.4 is 0 Å². The largest absolute Gasteiger partial charge is 0.391 e. The Morgan fingerprint density at radius 2 is 1.57 bits per heavy atom. The van der Waals surface area contributed by atoms with Crippen LogP contribution in [0.3, 0.4) is 0 Å². The molecule has 1 N–H and O–H groups in total. The molecule has 1 aromatic carbocycles. The predicted octanol–water partition coefficient (Wildman–Crippen LogP) is 4.87. The molecule has 0 bridgehead atoms. The summed E-state index contributed by atoms with van der Waals surface area (Å²) in [5, 5.41) is 10.8. The summed E-state index contributed by atoms with van der Waals surface area (Å²) < 4.78 is 1.98. The predicted molar refractivity (Wildman–Crippen MR) is 117 cm³/mol. The Bertz CT molecular complexity index is 899. The van der Waals surface area contributed by atoms with Gasteiger partial charge in [-0.25, -0.2) is 9.97 Å². The van der Waals surface area contributed by atoms with Gasteiger partial charge in [0.2, 0.25) is 0 Å². The van der Waals surface area contributed by atoms with Crippen LogP contribution in [0.15, 0.2) is 41.8 Å². The van der Waals surface area contributed by atoms with Crippen LogP contribution in [0.5, 0.6) is 0 Å². The van der Waals surface area contributed by atoms with E-state index in [1.165, 1.54) is 11.1 Å². The van der Waals surface area contributed by atoms with Crippen molar-refractivity contribution in [3.8, 4) is 11.4 Å². The van der Waals surface area contributed by atoms with Crippen molar-refractivity contribution in [3.05, 3.63) is 53.6 Å². The first kappa shape index (κ1) is 20.9. The van der Waals surface area contributed by atoms with Gasteiger partial charge in [-0.15, -0.1) is 12.6 Å². The fourth-order valence-corrected chi connectivity index (χ4v) is 4.33. The van der Waals surface area contributed by atoms with Crippen LogP contribution in [0.1, 0.15) is 58.2 Å². The van der Waals surface area contributed by atoms with Crippen LogP contribution in [-0.2, 0) is 23.8 Å². The lowest BCUT2D eigenvalue weighted by molar-refractivity contribution is 0.154. The first-order valence-electron chi connectivity index (χ1n) is 9.76. The van der Waals surface area contributed by atoms with Gasteiger partial charge in [0.05, 0.1) is 11.8 Å². The van der Waals surface area contributed by atoms with Crippen LogP contribution in [0.25, 0.3) is 11.4 Å². The van der Waals surface area contributed by atoms with Crippen molar-refractivity contribution in [3.63, 3.8) is 0 Å². The molecule has 2 heterocycles. The number of hydrogen-bond acceptors (Lipinski definition) is 4. The molecule has 150 valence electrons. The summed E-state index contributed by atoms with van der Waals surface area (Å²) in [7, 11) is 0. The zero-order valence-corrected chi connectivity index (χ0v) is 18.6. The highest BCUT2D eigenvalue weighted by atomic mass is 32.1. The summed E-state index contributed by atoms with van der Waals surface area (Å²) in [6.07, 6.45) is 5.54. The SMILES string of the molecule is CC(C)(C)c1cc(CC(O)Cn2ccc3ncnc-3c2)cc(C(C)(C)C)c1S. The van der Waals surface area contributed by atoms with E-state index in [4.69, 9.17) is 12.6 Å². The van der Waals surface area contributed by atoms with E-state index < -0.39 is 6.10 Å². The van der Waals surface area contributed by atoms with E-state index in [2.05, 4.69) is 63.6 Å². The highest BCUT2D eigenvalue weighted by Crippen LogP contribution is 2.37. The molecule has 1 atom stereocenters. The smallest absolute Gasteiger partial charge is 0.116 e. The Morgan fingerprint density at radius 1 is 1.00 bits per heavy atom. The molecule has 2 aliphatic rings. The molecule has 0 aromatic heterocycles. The van der Waals surface area contributed by atoms with Crippen LogP contribution in [0, 0.1) is 0 Å². The third-order valence-electron chi connectivity index (χ3n) is 5.05. The van der Waals surface area contributed by atoms with E-state index in [0.717, 1.165) is 21.8 Å². The van der Waals surface area contributed by atoms with Crippen molar-refractivity contribution >= 4 is 12.6 Å². The number of pyridine rings is 1. The number of imidazole rings is 1. The first-order chi connectivity index (χ1) is 12.9. The summed E-state index contributed by atoms with van der Waals surface area (Å²) in [4.78, 5) is 9.48. The van der Waals surface area contributed by atoms with Gasteiger partial charge in [-0.05, 0) is 33.6 Å². The second kappa shape index (κ2) is 7.53. The van der Waals surface area contributed by atoms with E-state index in [-0.39, 0.29) is 10.8 Å². The van der Waals surface area contributed by atoms with Crippen LogP contribution in [0.2, 0.25) is 0 Å². The number of aromatic nitrogens is 3. The van der Waals surface area contributed by atoms with Crippen molar-refractivity contribution in [2.45, 2.75) is 76.3 Å². The maximum absolute atomic E-state index is 10.8. The van der Waals surface area contributed by atoms with Crippen LogP contribution in [-0.4, -0.2) is 25.7 Å². The number of nitrogens with zero attached hydrogens (tertiary/aromatic N) is 3. The van der Waals surface area contributed by atoms with Gasteiger partial charge in [-0.1, -0.05) is 53.7 Å². The van der Waals surface area contributed by atoms with Crippen LogP contribution in [0.4, 0.5) is 0 Å². The molecule has 0 spiro atoms. The fourth-order valence-electron chi connectivity index (χ4n) is 3.53. The minimum atomic E-state index is -0.489. The molecule has 1 aromatic rings.